The molecule has 1 amide bonds. The lowest BCUT2D eigenvalue weighted by Gasteiger charge is -2.11. The number of hydrogen-bond donors (Lipinski definition) is 2. The lowest BCUT2D eigenvalue weighted by molar-refractivity contribution is 0.102. The third-order valence-electron chi connectivity index (χ3n) is 5.02. The topological polar surface area (TPSA) is 89.4 Å². The van der Waals surface area contributed by atoms with Crippen molar-refractivity contribution in [3.8, 4) is 11.4 Å². The summed E-state index contributed by atoms with van der Waals surface area (Å²) in [7, 11) is -1.81. The van der Waals surface area contributed by atoms with Crippen molar-refractivity contribution in [2.24, 2.45) is 0 Å². The van der Waals surface area contributed by atoms with Gasteiger partial charge in [-0.05, 0) is 61.9 Å². The number of methoxy groups -OCH3 is 1. The van der Waals surface area contributed by atoms with E-state index in [0.29, 0.717) is 16.8 Å². The number of nitrogens with one attached hydrogen (secondary N) is 2. The first kappa shape index (κ1) is 23.3. The van der Waals surface area contributed by atoms with E-state index in [1.807, 2.05) is 48.7 Å². The van der Waals surface area contributed by atoms with Crippen molar-refractivity contribution >= 4 is 21.6 Å². The van der Waals surface area contributed by atoms with Gasteiger partial charge in [0.2, 0.25) is 10.0 Å². The predicted octanol–water partition coefficient (Wildman–Crippen LogP) is 3.96. The van der Waals surface area contributed by atoms with Crippen molar-refractivity contribution in [1.82, 2.24) is 9.29 Å². The molecule has 0 aliphatic heterocycles. The molecule has 0 spiro atoms. The normalized spacial score (nSPS) is 11.2. The number of nitrogens with zero attached hydrogens (tertiary/aromatic N) is 1. The molecule has 0 aliphatic rings. The Hall–Kier alpha value is -3.36. The average molecular weight is 454 g/mol. The van der Waals surface area contributed by atoms with Gasteiger partial charge in [0.1, 0.15) is 5.75 Å². The van der Waals surface area contributed by atoms with Crippen LogP contribution in [0, 0.1) is 13.8 Å². The highest BCUT2D eigenvalue weighted by atomic mass is 32.2. The van der Waals surface area contributed by atoms with E-state index in [-0.39, 0.29) is 18.2 Å². The Kier molecular flexibility index (Phi) is 7.17. The number of hydrogen-bond acceptors (Lipinski definition) is 4. The monoisotopic (exact) mass is 453 g/mol. The number of ether oxygens (including phenoxy) is 1. The first-order valence-electron chi connectivity index (χ1n) is 10.1. The number of amides is 1. The second kappa shape index (κ2) is 9.84. The fourth-order valence-corrected chi connectivity index (χ4v) is 4.57. The van der Waals surface area contributed by atoms with E-state index in [0.717, 1.165) is 22.8 Å². The number of sulfonamides is 1. The molecule has 1 aromatic heterocycles. The summed E-state index contributed by atoms with van der Waals surface area (Å²) < 4.78 is 33.6. The quantitative estimate of drug-likeness (QED) is 0.480. The average Bonchev–Trinajstić information content (AvgIpc) is 3.07. The summed E-state index contributed by atoms with van der Waals surface area (Å²) in [5.74, 6) is 0.394. The summed E-state index contributed by atoms with van der Waals surface area (Å²) in [6.45, 7) is 7.53. The molecule has 0 bridgehead atoms. The number of aromatic nitrogens is 1. The van der Waals surface area contributed by atoms with Crippen LogP contribution in [-0.4, -0.2) is 32.5 Å². The van der Waals surface area contributed by atoms with Crippen LogP contribution in [0.3, 0.4) is 0 Å². The number of carbonyl (C=O) groups excluding carboxylic acids is 1. The fraction of sp³-hybridized carbons (Fsp3) is 0.208. The number of rotatable bonds is 9. The van der Waals surface area contributed by atoms with Crippen molar-refractivity contribution in [1.29, 1.82) is 0 Å². The molecule has 2 N–H and O–H groups in total. The molecule has 8 heteroatoms. The number of anilines is 1. The summed E-state index contributed by atoms with van der Waals surface area (Å²) >= 11 is 0. The van der Waals surface area contributed by atoms with Gasteiger partial charge in [-0.1, -0.05) is 18.2 Å². The maximum absolute atomic E-state index is 12.9. The summed E-state index contributed by atoms with van der Waals surface area (Å²) in [4.78, 5) is 12.9. The first-order valence-corrected chi connectivity index (χ1v) is 11.7. The van der Waals surface area contributed by atoms with Gasteiger partial charge in [0, 0.05) is 29.3 Å². The smallest absolute Gasteiger partial charge is 0.257 e. The molecule has 0 atom stereocenters. The second-order valence-corrected chi connectivity index (χ2v) is 9.17. The highest BCUT2D eigenvalue weighted by molar-refractivity contribution is 7.88. The van der Waals surface area contributed by atoms with Gasteiger partial charge < -0.3 is 14.6 Å². The summed E-state index contributed by atoms with van der Waals surface area (Å²) in [6.07, 6.45) is 1.49. The van der Waals surface area contributed by atoms with Crippen molar-refractivity contribution in [2.45, 2.75) is 19.6 Å². The van der Waals surface area contributed by atoms with Crippen molar-refractivity contribution < 1.29 is 17.9 Å². The van der Waals surface area contributed by atoms with Gasteiger partial charge in [0.25, 0.3) is 5.91 Å². The maximum Gasteiger partial charge on any atom is 0.257 e. The zero-order valence-corrected chi connectivity index (χ0v) is 19.2. The Morgan fingerprint density at radius 3 is 2.34 bits per heavy atom. The minimum atomic E-state index is -3.43. The van der Waals surface area contributed by atoms with Crippen LogP contribution in [0.2, 0.25) is 0 Å². The van der Waals surface area contributed by atoms with E-state index < -0.39 is 10.0 Å². The largest absolute Gasteiger partial charge is 0.497 e. The van der Waals surface area contributed by atoms with Crippen LogP contribution >= 0.6 is 0 Å². The molecule has 0 unspecified atom stereocenters. The maximum atomic E-state index is 12.9. The van der Waals surface area contributed by atoms with Gasteiger partial charge in [-0.15, -0.1) is 6.58 Å². The molecule has 0 fully saturated rings. The predicted molar refractivity (Wildman–Crippen MR) is 127 cm³/mol. The minimum Gasteiger partial charge on any atom is -0.497 e. The van der Waals surface area contributed by atoms with Crippen molar-refractivity contribution in [2.75, 3.05) is 19.0 Å². The Labute approximate surface area is 188 Å². The molecule has 0 saturated heterocycles. The van der Waals surface area contributed by atoms with Crippen molar-refractivity contribution in [3.63, 3.8) is 0 Å². The van der Waals surface area contributed by atoms with Gasteiger partial charge in [-0.25, -0.2) is 13.1 Å². The third kappa shape index (κ3) is 5.46. The number of benzene rings is 2. The molecule has 168 valence electrons. The van der Waals surface area contributed by atoms with E-state index in [1.54, 1.807) is 31.4 Å². The van der Waals surface area contributed by atoms with E-state index >= 15 is 0 Å². The van der Waals surface area contributed by atoms with Gasteiger partial charge in [-0.2, -0.15) is 0 Å². The standard InChI is InChI=1S/C24H27N3O4S/c1-5-14-25-32(29,30)16-19-6-8-20(9-7-19)26-24(28)23-15-17(2)27(18(23)3)21-10-12-22(31-4)13-11-21/h5-13,15,25H,1,14,16H2,2-4H3,(H,26,28). The zero-order chi connectivity index (χ0) is 23.3. The van der Waals surface area contributed by atoms with Gasteiger partial charge >= 0.3 is 0 Å². The van der Waals surface area contributed by atoms with Crippen LogP contribution in [0.15, 0.2) is 67.3 Å². The van der Waals surface area contributed by atoms with Crippen molar-refractivity contribution in [3.05, 3.63) is 89.8 Å². The molecule has 2 aromatic carbocycles. The molecule has 7 nitrogen and oxygen atoms in total. The molecular weight excluding hydrogens is 426 g/mol. The first-order chi connectivity index (χ1) is 15.2. The Morgan fingerprint density at radius 1 is 1.09 bits per heavy atom. The van der Waals surface area contributed by atoms with E-state index in [2.05, 4.69) is 16.6 Å². The number of aryl methyl sites for hydroxylation is 1. The van der Waals surface area contributed by atoms with Crippen LogP contribution in [0.1, 0.15) is 27.3 Å². The highest BCUT2D eigenvalue weighted by Gasteiger charge is 2.17. The van der Waals surface area contributed by atoms with Gasteiger partial charge in [-0.3, -0.25) is 4.79 Å². The molecule has 0 radical (unpaired) electrons. The van der Waals surface area contributed by atoms with E-state index in [9.17, 15) is 13.2 Å². The van der Waals surface area contributed by atoms with Crippen LogP contribution in [-0.2, 0) is 15.8 Å². The lowest BCUT2D eigenvalue weighted by atomic mass is 10.2. The van der Waals surface area contributed by atoms with Crippen LogP contribution in [0.5, 0.6) is 5.75 Å². The highest BCUT2D eigenvalue weighted by Crippen LogP contribution is 2.24. The molecular formula is C24H27N3O4S. The lowest BCUT2D eigenvalue weighted by Crippen LogP contribution is -2.25. The van der Waals surface area contributed by atoms with Gasteiger partial charge in [0.15, 0.2) is 0 Å². The molecule has 32 heavy (non-hydrogen) atoms. The van der Waals surface area contributed by atoms with E-state index in [4.69, 9.17) is 4.74 Å². The third-order valence-corrected chi connectivity index (χ3v) is 6.34. The SMILES string of the molecule is C=CCNS(=O)(=O)Cc1ccc(NC(=O)c2cc(C)n(-c3ccc(OC)cc3)c2C)cc1. The Bertz CT molecular complexity index is 1210. The van der Waals surface area contributed by atoms with E-state index in [1.165, 1.54) is 6.08 Å². The summed E-state index contributed by atoms with van der Waals surface area (Å²) in [5.41, 5.74) is 4.47. The van der Waals surface area contributed by atoms with Crippen LogP contribution in [0.25, 0.3) is 5.69 Å². The molecule has 3 aromatic rings. The number of carbonyl (C=O) groups is 1. The fourth-order valence-electron chi connectivity index (χ4n) is 3.46. The minimum absolute atomic E-state index is 0.141. The van der Waals surface area contributed by atoms with Gasteiger partial charge in [0.05, 0.1) is 18.4 Å². The molecule has 1 heterocycles. The molecule has 0 aliphatic carbocycles. The summed E-state index contributed by atoms with van der Waals surface area (Å²) in [6, 6.07) is 16.2. The zero-order valence-electron chi connectivity index (χ0n) is 18.4. The van der Waals surface area contributed by atoms with Crippen LogP contribution in [0.4, 0.5) is 5.69 Å². The summed E-state index contributed by atoms with van der Waals surface area (Å²) in [5, 5.41) is 2.88. The molecule has 0 saturated carbocycles. The Balaban J connectivity index is 1.74. The Morgan fingerprint density at radius 2 is 1.75 bits per heavy atom. The second-order valence-electron chi connectivity index (χ2n) is 7.37. The van der Waals surface area contributed by atoms with Crippen LogP contribution < -0.4 is 14.8 Å². The molecule has 3 rings (SSSR count).